The summed E-state index contributed by atoms with van der Waals surface area (Å²) in [6.07, 6.45) is 3.22. The lowest BCUT2D eigenvalue weighted by atomic mass is 9.93. The number of nitrogens with zero attached hydrogens (tertiary/aromatic N) is 2. The molecule has 0 unspecified atom stereocenters. The van der Waals surface area contributed by atoms with Crippen LogP contribution in [0.15, 0.2) is 23.0 Å². The first-order valence-electron chi connectivity index (χ1n) is 7.45. The number of carbonyl (C=O) groups is 1. The lowest BCUT2D eigenvalue weighted by Crippen LogP contribution is -2.32. The SMILES string of the molecule is Cc1cccc(-n2nc3c(c(C(=O)O)c2=O)CCCC3)c1C. The third-order valence-electron chi connectivity index (χ3n) is 4.39. The highest BCUT2D eigenvalue weighted by atomic mass is 16.4. The first kappa shape index (κ1) is 14.5. The fraction of sp³-hybridized carbons (Fsp3) is 0.353. The number of benzene rings is 1. The average molecular weight is 298 g/mol. The van der Waals surface area contributed by atoms with Crippen LogP contribution in [-0.4, -0.2) is 20.9 Å². The molecule has 1 aliphatic carbocycles. The quantitative estimate of drug-likeness (QED) is 0.924. The minimum Gasteiger partial charge on any atom is -0.477 e. The van der Waals surface area contributed by atoms with Crippen LogP contribution in [0, 0.1) is 13.8 Å². The van der Waals surface area contributed by atoms with Gasteiger partial charge in [-0.2, -0.15) is 9.78 Å². The molecule has 2 aromatic rings. The third kappa shape index (κ3) is 2.22. The molecule has 5 nitrogen and oxygen atoms in total. The van der Waals surface area contributed by atoms with E-state index in [1.54, 1.807) is 6.07 Å². The maximum absolute atomic E-state index is 12.7. The molecule has 22 heavy (non-hydrogen) atoms. The second kappa shape index (κ2) is 5.40. The van der Waals surface area contributed by atoms with Gasteiger partial charge in [0.05, 0.1) is 11.4 Å². The number of fused-ring (bicyclic) bond motifs is 1. The largest absolute Gasteiger partial charge is 0.477 e. The lowest BCUT2D eigenvalue weighted by molar-refractivity contribution is 0.0692. The minimum atomic E-state index is -1.16. The van der Waals surface area contributed by atoms with E-state index in [-0.39, 0.29) is 5.56 Å². The Kier molecular flexibility index (Phi) is 3.56. The molecule has 0 bridgehead atoms. The van der Waals surface area contributed by atoms with E-state index in [4.69, 9.17) is 0 Å². The van der Waals surface area contributed by atoms with Crippen molar-refractivity contribution in [2.24, 2.45) is 0 Å². The van der Waals surface area contributed by atoms with E-state index in [0.29, 0.717) is 17.7 Å². The molecule has 5 heteroatoms. The van der Waals surface area contributed by atoms with Crippen LogP contribution >= 0.6 is 0 Å². The Morgan fingerprint density at radius 2 is 1.95 bits per heavy atom. The number of rotatable bonds is 2. The number of hydrogen-bond donors (Lipinski definition) is 1. The van der Waals surface area contributed by atoms with Gasteiger partial charge < -0.3 is 5.11 Å². The molecular weight excluding hydrogens is 280 g/mol. The standard InChI is InChI=1S/C17H18N2O3/c1-10-6-5-9-14(11(10)2)19-16(20)15(17(21)22)12-7-3-4-8-13(12)18-19/h5-6,9H,3-4,7-8H2,1-2H3,(H,21,22). The van der Waals surface area contributed by atoms with Crippen LogP contribution in [0.4, 0.5) is 0 Å². The molecule has 0 saturated carbocycles. The molecule has 0 fully saturated rings. The summed E-state index contributed by atoms with van der Waals surface area (Å²) >= 11 is 0. The van der Waals surface area contributed by atoms with Crippen LogP contribution in [0.3, 0.4) is 0 Å². The van der Waals surface area contributed by atoms with Crippen LogP contribution in [-0.2, 0) is 12.8 Å². The van der Waals surface area contributed by atoms with Gasteiger partial charge in [-0.3, -0.25) is 4.79 Å². The van der Waals surface area contributed by atoms with Crippen LogP contribution in [0.25, 0.3) is 5.69 Å². The van der Waals surface area contributed by atoms with E-state index in [1.165, 1.54) is 4.68 Å². The zero-order chi connectivity index (χ0) is 15.9. The van der Waals surface area contributed by atoms with Gasteiger partial charge in [-0.15, -0.1) is 0 Å². The second-order valence-corrected chi connectivity index (χ2v) is 5.75. The van der Waals surface area contributed by atoms with E-state index < -0.39 is 11.5 Å². The second-order valence-electron chi connectivity index (χ2n) is 5.75. The van der Waals surface area contributed by atoms with Gasteiger partial charge in [0.2, 0.25) is 0 Å². The monoisotopic (exact) mass is 298 g/mol. The highest BCUT2D eigenvalue weighted by molar-refractivity contribution is 5.89. The number of aryl methyl sites for hydroxylation is 2. The fourth-order valence-corrected chi connectivity index (χ4v) is 3.02. The van der Waals surface area contributed by atoms with Gasteiger partial charge in [0.25, 0.3) is 5.56 Å². The Morgan fingerprint density at radius 3 is 2.68 bits per heavy atom. The molecule has 0 aliphatic heterocycles. The molecule has 1 heterocycles. The predicted molar refractivity (Wildman–Crippen MR) is 82.9 cm³/mol. The maximum Gasteiger partial charge on any atom is 0.341 e. The van der Waals surface area contributed by atoms with E-state index in [0.717, 1.165) is 36.1 Å². The van der Waals surface area contributed by atoms with Crippen molar-refractivity contribution in [3.8, 4) is 5.69 Å². The summed E-state index contributed by atoms with van der Waals surface area (Å²) in [5, 5.41) is 13.9. The summed E-state index contributed by atoms with van der Waals surface area (Å²) in [6.45, 7) is 3.87. The molecule has 0 saturated heterocycles. The Bertz CT molecular complexity index is 821. The smallest absolute Gasteiger partial charge is 0.341 e. The van der Waals surface area contributed by atoms with Gasteiger partial charge in [-0.25, -0.2) is 4.79 Å². The van der Waals surface area contributed by atoms with E-state index in [9.17, 15) is 14.7 Å². The summed E-state index contributed by atoms with van der Waals surface area (Å²) in [5.74, 6) is -1.16. The summed E-state index contributed by atoms with van der Waals surface area (Å²) < 4.78 is 1.26. The molecule has 114 valence electrons. The highest BCUT2D eigenvalue weighted by Crippen LogP contribution is 2.23. The summed E-state index contributed by atoms with van der Waals surface area (Å²) in [5.41, 5.74) is 3.33. The molecule has 0 radical (unpaired) electrons. The minimum absolute atomic E-state index is 0.120. The van der Waals surface area contributed by atoms with Crippen molar-refractivity contribution in [2.45, 2.75) is 39.5 Å². The predicted octanol–water partition coefficient (Wildman–Crippen LogP) is 2.43. The van der Waals surface area contributed by atoms with Crippen LogP contribution in [0.2, 0.25) is 0 Å². The topological polar surface area (TPSA) is 72.2 Å². The van der Waals surface area contributed by atoms with Crippen molar-refractivity contribution in [1.29, 1.82) is 0 Å². The Hall–Kier alpha value is -2.43. The zero-order valence-electron chi connectivity index (χ0n) is 12.7. The number of aromatic nitrogens is 2. The maximum atomic E-state index is 12.7. The highest BCUT2D eigenvalue weighted by Gasteiger charge is 2.25. The number of carboxylic acids is 1. The van der Waals surface area contributed by atoms with Gasteiger partial charge in [0, 0.05) is 0 Å². The van der Waals surface area contributed by atoms with Crippen LogP contribution in [0.5, 0.6) is 0 Å². The number of carboxylic acid groups (broad SMARTS) is 1. The Balaban J connectivity index is 2.34. The third-order valence-corrected chi connectivity index (χ3v) is 4.39. The molecule has 0 atom stereocenters. The van der Waals surface area contributed by atoms with E-state index in [1.807, 2.05) is 26.0 Å². The van der Waals surface area contributed by atoms with Crippen molar-refractivity contribution in [3.63, 3.8) is 0 Å². The number of hydrogen-bond acceptors (Lipinski definition) is 3. The first-order chi connectivity index (χ1) is 10.5. The first-order valence-corrected chi connectivity index (χ1v) is 7.45. The van der Waals surface area contributed by atoms with Gasteiger partial charge >= 0.3 is 5.97 Å². The zero-order valence-corrected chi connectivity index (χ0v) is 12.7. The van der Waals surface area contributed by atoms with Crippen LogP contribution in [0.1, 0.15) is 45.6 Å². The van der Waals surface area contributed by atoms with Crippen molar-refractivity contribution in [2.75, 3.05) is 0 Å². The van der Waals surface area contributed by atoms with Crippen molar-refractivity contribution >= 4 is 5.97 Å². The molecule has 0 amide bonds. The van der Waals surface area contributed by atoms with Gasteiger partial charge in [0.1, 0.15) is 5.56 Å². The molecule has 1 aromatic heterocycles. The fourth-order valence-electron chi connectivity index (χ4n) is 3.02. The Labute approximate surface area is 128 Å². The van der Waals surface area contributed by atoms with E-state index in [2.05, 4.69) is 5.10 Å². The molecule has 1 aliphatic rings. The average Bonchev–Trinajstić information content (AvgIpc) is 2.49. The normalized spacial score (nSPS) is 13.7. The summed E-state index contributed by atoms with van der Waals surface area (Å²) in [7, 11) is 0. The van der Waals surface area contributed by atoms with Gasteiger partial charge in [-0.05, 0) is 62.3 Å². The van der Waals surface area contributed by atoms with E-state index >= 15 is 0 Å². The van der Waals surface area contributed by atoms with Crippen molar-refractivity contribution in [1.82, 2.24) is 9.78 Å². The van der Waals surface area contributed by atoms with Crippen molar-refractivity contribution < 1.29 is 9.90 Å². The van der Waals surface area contributed by atoms with Crippen molar-refractivity contribution in [3.05, 3.63) is 56.5 Å². The molecule has 0 spiro atoms. The number of aromatic carboxylic acids is 1. The molecular formula is C17H18N2O3. The molecule has 3 rings (SSSR count). The Morgan fingerprint density at radius 1 is 1.23 bits per heavy atom. The molecule has 1 N–H and O–H groups in total. The van der Waals surface area contributed by atoms with Gasteiger partial charge in [0.15, 0.2) is 0 Å². The molecule has 1 aromatic carbocycles. The summed E-state index contributed by atoms with van der Waals surface area (Å²) in [6, 6.07) is 5.61. The lowest BCUT2D eigenvalue weighted by Gasteiger charge is -2.19. The van der Waals surface area contributed by atoms with Gasteiger partial charge in [-0.1, -0.05) is 12.1 Å². The van der Waals surface area contributed by atoms with Crippen LogP contribution < -0.4 is 5.56 Å². The summed E-state index contributed by atoms with van der Waals surface area (Å²) in [4.78, 5) is 24.3.